The summed E-state index contributed by atoms with van der Waals surface area (Å²) in [6.45, 7) is 5.06. The number of hydrogen-bond donors (Lipinski definition) is 2. The molecule has 0 aliphatic carbocycles. The van der Waals surface area contributed by atoms with Crippen LogP contribution in [0, 0.1) is 0 Å². The number of benzene rings is 1. The van der Waals surface area contributed by atoms with Gasteiger partial charge in [-0.3, -0.25) is 0 Å². The van der Waals surface area contributed by atoms with Gasteiger partial charge in [0.05, 0.1) is 22.9 Å². The van der Waals surface area contributed by atoms with Crippen LogP contribution in [0.3, 0.4) is 0 Å². The van der Waals surface area contributed by atoms with E-state index in [1.54, 1.807) is 19.1 Å². The lowest BCUT2D eigenvalue weighted by molar-refractivity contribution is 0.0527. The van der Waals surface area contributed by atoms with Crippen molar-refractivity contribution in [2.24, 2.45) is 0 Å². The molecule has 0 saturated heterocycles. The van der Waals surface area contributed by atoms with Crippen LogP contribution in [-0.4, -0.2) is 44.2 Å². The molecule has 6 heteroatoms. The van der Waals surface area contributed by atoms with Crippen molar-refractivity contribution in [3.8, 4) is 0 Å². The Bertz CT molecular complexity index is 492. The number of esters is 1. The number of ether oxygens (including phenoxy) is 1. The maximum absolute atomic E-state index is 12.0. The minimum absolute atomic E-state index is 0.168. The minimum Gasteiger partial charge on any atom is -0.462 e. The SMILES string of the molecule is CCOC(=O)c1cc(N)cc(Cl)c1NC(C)CCN(C)C. The number of nitrogens with one attached hydrogen (secondary N) is 1. The van der Waals surface area contributed by atoms with Crippen molar-refractivity contribution in [3.05, 3.63) is 22.7 Å². The average Bonchev–Trinajstić information content (AvgIpc) is 2.39. The van der Waals surface area contributed by atoms with Gasteiger partial charge in [0.25, 0.3) is 0 Å². The van der Waals surface area contributed by atoms with E-state index in [1.807, 2.05) is 21.0 Å². The number of nitrogens with zero attached hydrogens (tertiary/aromatic N) is 1. The number of carbonyl (C=O) groups excluding carboxylic acids is 1. The number of nitrogens with two attached hydrogens (primary N) is 1. The maximum Gasteiger partial charge on any atom is 0.340 e. The maximum atomic E-state index is 12.0. The van der Waals surface area contributed by atoms with E-state index in [-0.39, 0.29) is 6.04 Å². The third kappa shape index (κ3) is 5.44. The zero-order chi connectivity index (χ0) is 16.0. The first-order chi connectivity index (χ1) is 9.85. The Morgan fingerprint density at radius 3 is 2.71 bits per heavy atom. The molecule has 1 unspecified atom stereocenters. The van der Waals surface area contributed by atoms with Gasteiger partial charge in [0.15, 0.2) is 0 Å². The number of rotatable bonds is 7. The second-order valence-electron chi connectivity index (χ2n) is 5.28. The monoisotopic (exact) mass is 313 g/mol. The zero-order valence-electron chi connectivity index (χ0n) is 13.1. The molecule has 3 N–H and O–H groups in total. The molecule has 0 aliphatic heterocycles. The molecule has 0 radical (unpaired) electrons. The normalized spacial score (nSPS) is 12.3. The van der Waals surface area contributed by atoms with E-state index in [2.05, 4.69) is 10.2 Å². The third-order valence-electron chi connectivity index (χ3n) is 3.01. The van der Waals surface area contributed by atoms with Gasteiger partial charge in [-0.05, 0) is 53.0 Å². The molecular weight excluding hydrogens is 290 g/mol. The Labute approximate surface area is 131 Å². The van der Waals surface area contributed by atoms with Gasteiger partial charge in [0.2, 0.25) is 0 Å². The van der Waals surface area contributed by atoms with Crippen LogP contribution >= 0.6 is 11.6 Å². The second kappa shape index (κ2) is 8.10. The molecule has 1 rings (SSSR count). The van der Waals surface area contributed by atoms with Crippen LogP contribution in [0.5, 0.6) is 0 Å². The Kier molecular flexibility index (Phi) is 6.78. The highest BCUT2D eigenvalue weighted by molar-refractivity contribution is 6.34. The summed E-state index contributed by atoms with van der Waals surface area (Å²) >= 11 is 6.22. The fourth-order valence-corrected chi connectivity index (χ4v) is 2.20. The Hall–Kier alpha value is -1.46. The molecule has 1 aromatic carbocycles. The van der Waals surface area contributed by atoms with E-state index in [0.717, 1.165) is 13.0 Å². The molecule has 0 heterocycles. The molecule has 1 aromatic rings. The first-order valence-corrected chi connectivity index (χ1v) is 7.40. The molecule has 0 aliphatic rings. The molecule has 118 valence electrons. The third-order valence-corrected chi connectivity index (χ3v) is 3.31. The van der Waals surface area contributed by atoms with E-state index in [4.69, 9.17) is 22.1 Å². The van der Waals surface area contributed by atoms with Crippen molar-refractivity contribution in [2.75, 3.05) is 38.3 Å². The highest BCUT2D eigenvalue weighted by Crippen LogP contribution is 2.30. The second-order valence-corrected chi connectivity index (χ2v) is 5.69. The van der Waals surface area contributed by atoms with Gasteiger partial charge in [0.1, 0.15) is 0 Å². The van der Waals surface area contributed by atoms with Crippen LogP contribution in [0.1, 0.15) is 30.6 Å². The van der Waals surface area contributed by atoms with Gasteiger partial charge in [-0.2, -0.15) is 0 Å². The van der Waals surface area contributed by atoms with E-state index < -0.39 is 5.97 Å². The first-order valence-electron chi connectivity index (χ1n) is 7.02. The summed E-state index contributed by atoms with van der Waals surface area (Å²) in [6, 6.07) is 3.39. The lowest BCUT2D eigenvalue weighted by atomic mass is 10.1. The summed E-state index contributed by atoms with van der Waals surface area (Å²) in [7, 11) is 4.04. The summed E-state index contributed by atoms with van der Waals surface area (Å²) in [5.41, 5.74) is 7.16. The Morgan fingerprint density at radius 2 is 2.14 bits per heavy atom. The predicted molar refractivity (Wildman–Crippen MR) is 88.1 cm³/mol. The van der Waals surface area contributed by atoms with Gasteiger partial charge in [0, 0.05) is 11.7 Å². The predicted octanol–water partition coefficient (Wildman–Crippen LogP) is 2.85. The van der Waals surface area contributed by atoms with Crippen LogP contribution in [0.25, 0.3) is 0 Å². The Balaban J connectivity index is 2.96. The van der Waals surface area contributed by atoms with Gasteiger partial charge in [-0.1, -0.05) is 11.6 Å². The van der Waals surface area contributed by atoms with Crippen molar-refractivity contribution in [1.29, 1.82) is 0 Å². The zero-order valence-corrected chi connectivity index (χ0v) is 13.8. The molecule has 0 spiro atoms. The van der Waals surface area contributed by atoms with Crippen molar-refractivity contribution < 1.29 is 9.53 Å². The molecule has 0 bridgehead atoms. The number of hydrogen-bond acceptors (Lipinski definition) is 5. The quantitative estimate of drug-likeness (QED) is 0.598. The molecule has 1 atom stereocenters. The number of anilines is 2. The van der Waals surface area contributed by atoms with E-state index in [0.29, 0.717) is 28.6 Å². The summed E-state index contributed by atoms with van der Waals surface area (Å²) in [4.78, 5) is 14.1. The van der Waals surface area contributed by atoms with Crippen molar-refractivity contribution in [2.45, 2.75) is 26.3 Å². The topological polar surface area (TPSA) is 67.6 Å². The smallest absolute Gasteiger partial charge is 0.340 e. The van der Waals surface area contributed by atoms with Gasteiger partial charge in [-0.15, -0.1) is 0 Å². The van der Waals surface area contributed by atoms with Gasteiger partial charge >= 0.3 is 5.97 Å². The van der Waals surface area contributed by atoms with Crippen LogP contribution in [0.4, 0.5) is 11.4 Å². The fraction of sp³-hybridized carbons (Fsp3) is 0.533. The lowest BCUT2D eigenvalue weighted by Crippen LogP contribution is -2.24. The van der Waals surface area contributed by atoms with Gasteiger partial charge < -0.3 is 20.7 Å². The first kappa shape index (κ1) is 17.6. The average molecular weight is 314 g/mol. The number of nitrogen functional groups attached to an aromatic ring is 1. The standard InChI is InChI=1S/C15H24ClN3O2/c1-5-21-15(20)12-8-11(17)9-13(16)14(12)18-10(2)6-7-19(3)4/h8-10,18H,5-7,17H2,1-4H3. The van der Waals surface area contributed by atoms with Crippen molar-refractivity contribution in [3.63, 3.8) is 0 Å². The van der Waals surface area contributed by atoms with Crippen molar-refractivity contribution in [1.82, 2.24) is 4.90 Å². The highest BCUT2D eigenvalue weighted by atomic mass is 35.5. The molecule has 21 heavy (non-hydrogen) atoms. The van der Waals surface area contributed by atoms with Crippen LogP contribution in [0.15, 0.2) is 12.1 Å². The van der Waals surface area contributed by atoms with Gasteiger partial charge in [-0.25, -0.2) is 4.79 Å². The summed E-state index contributed by atoms with van der Waals surface area (Å²) in [5, 5.41) is 3.71. The molecule has 0 fully saturated rings. The van der Waals surface area contributed by atoms with Crippen LogP contribution in [0.2, 0.25) is 5.02 Å². The molecule has 0 saturated carbocycles. The van der Waals surface area contributed by atoms with E-state index >= 15 is 0 Å². The number of halogens is 1. The van der Waals surface area contributed by atoms with E-state index in [9.17, 15) is 4.79 Å². The van der Waals surface area contributed by atoms with Crippen LogP contribution < -0.4 is 11.1 Å². The molecule has 5 nitrogen and oxygen atoms in total. The lowest BCUT2D eigenvalue weighted by Gasteiger charge is -2.20. The largest absolute Gasteiger partial charge is 0.462 e. The highest BCUT2D eigenvalue weighted by Gasteiger charge is 2.18. The summed E-state index contributed by atoms with van der Waals surface area (Å²) in [5.74, 6) is -0.422. The fourth-order valence-electron chi connectivity index (χ4n) is 1.91. The minimum atomic E-state index is -0.422. The molecule has 0 amide bonds. The summed E-state index contributed by atoms with van der Waals surface area (Å²) < 4.78 is 5.06. The molecule has 0 aromatic heterocycles. The van der Waals surface area contributed by atoms with Crippen molar-refractivity contribution >= 4 is 28.9 Å². The summed E-state index contributed by atoms with van der Waals surface area (Å²) in [6.07, 6.45) is 0.927. The van der Waals surface area contributed by atoms with E-state index in [1.165, 1.54) is 0 Å². The molecular formula is C15H24ClN3O2. The Morgan fingerprint density at radius 1 is 1.48 bits per heavy atom. The number of carbonyl (C=O) groups is 1. The van der Waals surface area contributed by atoms with Crippen LogP contribution in [-0.2, 0) is 4.74 Å².